The molecule has 0 aromatic heterocycles. The first-order chi connectivity index (χ1) is 9.61. The molecule has 0 aromatic rings. The Balaban J connectivity index is 1.84. The number of urea groups is 1. The normalized spacial score (nSPS) is 22.1. The Morgan fingerprint density at radius 1 is 1.20 bits per heavy atom. The highest BCUT2D eigenvalue weighted by Crippen LogP contribution is 2.32. The highest BCUT2D eigenvalue weighted by Gasteiger charge is 2.38. The van der Waals surface area contributed by atoms with Crippen LogP contribution in [0.5, 0.6) is 0 Å². The molecule has 2 amide bonds. The molecule has 0 aromatic carbocycles. The third-order valence-electron chi connectivity index (χ3n) is 3.93. The number of rotatable bonds is 5. The van der Waals surface area contributed by atoms with Crippen LogP contribution in [0.2, 0.25) is 0 Å². The van der Waals surface area contributed by atoms with Gasteiger partial charge in [0.2, 0.25) is 0 Å². The van der Waals surface area contributed by atoms with Gasteiger partial charge in [-0.15, -0.1) is 0 Å². The van der Waals surface area contributed by atoms with Gasteiger partial charge in [-0.05, 0) is 31.7 Å². The Hall–Kier alpha value is -1.34. The summed E-state index contributed by atoms with van der Waals surface area (Å²) >= 11 is 0. The van der Waals surface area contributed by atoms with Crippen molar-refractivity contribution in [3.8, 4) is 0 Å². The largest absolute Gasteiger partial charge is 0.480 e. The van der Waals surface area contributed by atoms with Gasteiger partial charge in [-0.25, -0.2) is 9.59 Å². The molecule has 1 heterocycles. The molecular weight excluding hydrogens is 262 g/mol. The summed E-state index contributed by atoms with van der Waals surface area (Å²) in [5.74, 6) is -0.855. The fourth-order valence-corrected chi connectivity index (χ4v) is 2.57. The maximum atomic E-state index is 12.1. The minimum absolute atomic E-state index is 0.0920. The standard InChI is InChI=1S/C13H23N3O4/c17-9-8-15-4-1-5-16(7-6-15)13(20)14-11(12(18)19)10-2-3-10/h10-11,17H,1-9H2,(H,14,20)(H,18,19). The highest BCUT2D eigenvalue weighted by molar-refractivity contribution is 5.83. The van der Waals surface area contributed by atoms with E-state index in [4.69, 9.17) is 10.2 Å². The van der Waals surface area contributed by atoms with Crippen LogP contribution in [0.4, 0.5) is 4.79 Å². The number of β-amino-alcohol motifs (C(OH)–C–C–N with tert-alkyl or cyclic N) is 1. The maximum absolute atomic E-state index is 12.1. The average molecular weight is 285 g/mol. The van der Waals surface area contributed by atoms with Crippen molar-refractivity contribution in [3.05, 3.63) is 0 Å². The van der Waals surface area contributed by atoms with Crippen molar-refractivity contribution in [2.45, 2.75) is 25.3 Å². The zero-order chi connectivity index (χ0) is 14.5. The van der Waals surface area contributed by atoms with Crippen molar-refractivity contribution in [2.75, 3.05) is 39.3 Å². The van der Waals surface area contributed by atoms with Gasteiger partial charge in [0, 0.05) is 26.2 Å². The van der Waals surface area contributed by atoms with Gasteiger partial charge in [0.1, 0.15) is 6.04 Å². The van der Waals surface area contributed by atoms with E-state index in [9.17, 15) is 9.59 Å². The van der Waals surface area contributed by atoms with Crippen LogP contribution in [0, 0.1) is 5.92 Å². The molecule has 3 N–H and O–H groups in total. The van der Waals surface area contributed by atoms with Crippen molar-refractivity contribution >= 4 is 12.0 Å². The summed E-state index contributed by atoms with van der Waals surface area (Å²) in [5.41, 5.74) is 0. The lowest BCUT2D eigenvalue weighted by Crippen LogP contribution is -2.49. The lowest BCUT2D eigenvalue weighted by Gasteiger charge is -2.24. The number of nitrogens with zero attached hydrogens (tertiary/aromatic N) is 2. The Morgan fingerprint density at radius 2 is 1.95 bits per heavy atom. The Kier molecular flexibility index (Phi) is 5.19. The molecule has 1 saturated heterocycles. The second-order valence-corrected chi connectivity index (χ2v) is 5.51. The van der Waals surface area contributed by atoms with Crippen LogP contribution >= 0.6 is 0 Å². The Bertz CT molecular complexity index is 360. The van der Waals surface area contributed by atoms with Gasteiger partial charge in [-0.2, -0.15) is 0 Å². The van der Waals surface area contributed by atoms with E-state index in [-0.39, 0.29) is 18.6 Å². The van der Waals surface area contributed by atoms with Crippen LogP contribution in [-0.2, 0) is 4.79 Å². The van der Waals surface area contributed by atoms with Gasteiger partial charge in [0.15, 0.2) is 0 Å². The van der Waals surface area contributed by atoms with E-state index in [1.807, 2.05) is 0 Å². The van der Waals surface area contributed by atoms with E-state index in [1.54, 1.807) is 4.90 Å². The van der Waals surface area contributed by atoms with Gasteiger partial charge >= 0.3 is 12.0 Å². The molecule has 114 valence electrons. The van der Waals surface area contributed by atoms with Crippen molar-refractivity contribution in [1.29, 1.82) is 0 Å². The van der Waals surface area contributed by atoms with E-state index in [2.05, 4.69) is 10.2 Å². The van der Waals surface area contributed by atoms with Gasteiger partial charge < -0.3 is 20.4 Å². The molecule has 1 atom stereocenters. The van der Waals surface area contributed by atoms with E-state index >= 15 is 0 Å². The number of carboxylic acids is 1. The highest BCUT2D eigenvalue weighted by atomic mass is 16.4. The number of nitrogens with one attached hydrogen (secondary N) is 1. The minimum Gasteiger partial charge on any atom is -0.480 e. The fraction of sp³-hybridized carbons (Fsp3) is 0.846. The SMILES string of the molecule is O=C(O)C(NC(=O)N1CCCN(CCO)CC1)C1CC1. The van der Waals surface area contributed by atoms with Crippen LogP contribution in [0.25, 0.3) is 0 Å². The first-order valence-corrected chi connectivity index (χ1v) is 7.23. The first kappa shape index (κ1) is 15.1. The van der Waals surface area contributed by atoms with E-state index < -0.39 is 12.0 Å². The summed E-state index contributed by atoms with van der Waals surface area (Å²) in [6, 6.07) is -1.03. The zero-order valence-electron chi connectivity index (χ0n) is 11.6. The average Bonchev–Trinajstić information content (AvgIpc) is 3.23. The summed E-state index contributed by atoms with van der Waals surface area (Å²) < 4.78 is 0. The van der Waals surface area contributed by atoms with E-state index in [1.165, 1.54) is 0 Å². The van der Waals surface area contributed by atoms with E-state index in [0.29, 0.717) is 19.6 Å². The lowest BCUT2D eigenvalue weighted by molar-refractivity contribution is -0.139. The maximum Gasteiger partial charge on any atom is 0.326 e. The fourth-order valence-electron chi connectivity index (χ4n) is 2.57. The number of hydrogen-bond donors (Lipinski definition) is 3. The third kappa shape index (κ3) is 4.08. The van der Waals surface area contributed by atoms with Gasteiger partial charge in [-0.3, -0.25) is 4.90 Å². The van der Waals surface area contributed by atoms with Crippen molar-refractivity contribution in [1.82, 2.24) is 15.1 Å². The Labute approximate surface area is 118 Å². The van der Waals surface area contributed by atoms with E-state index in [0.717, 1.165) is 32.4 Å². The summed E-state index contributed by atoms with van der Waals surface area (Å²) in [5, 5.41) is 20.7. The molecule has 20 heavy (non-hydrogen) atoms. The number of amides is 2. The summed E-state index contributed by atoms with van der Waals surface area (Å²) in [7, 11) is 0. The molecule has 2 aliphatic rings. The quantitative estimate of drug-likeness (QED) is 0.637. The number of hydrogen-bond acceptors (Lipinski definition) is 4. The van der Waals surface area contributed by atoms with Gasteiger partial charge in [-0.1, -0.05) is 0 Å². The summed E-state index contributed by atoms with van der Waals surface area (Å²) in [6.07, 6.45) is 2.59. The summed E-state index contributed by atoms with van der Waals surface area (Å²) in [4.78, 5) is 27.1. The smallest absolute Gasteiger partial charge is 0.326 e. The second-order valence-electron chi connectivity index (χ2n) is 5.51. The number of carbonyl (C=O) groups is 2. The Morgan fingerprint density at radius 3 is 2.55 bits per heavy atom. The predicted octanol–water partition coefficient (Wildman–Crippen LogP) is -0.441. The minimum atomic E-state index is -0.947. The monoisotopic (exact) mass is 285 g/mol. The molecule has 0 bridgehead atoms. The number of aliphatic hydroxyl groups excluding tert-OH is 1. The van der Waals surface area contributed by atoms with Crippen LogP contribution in [0.1, 0.15) is 19.3 Å². The number of carbonyl (C=O) groups excluding carboxylic acids is 1. The molecule has 7 nitrogen and oxygen atoms in total. The molecule has 1 unspecified atom stereocenters. The molecule has 7 heteroatoms. The van der Waals surface area contributed by atoms with Crippen LogP contribution in [0.3, 0.4) is 0 Å². The molecule has 0 spiro atoms. The van der Waals surface area contributed by atoms with Crippen LogP contribution < -0.4 is 5.32 Å². The molecule has 1 aliphatic heterocycles. The number of aliphatic carboxylic acids is 1. The molecule has 1 aliphatic carbocycles. The van der Waals surface area contributed by atoms with Crippen LogP contribution in [-0.4, -0.2) is 77.4 Å². The summed E-state index contributed by atoms with van der Waals surface area (Å²) in [6.45, 7) is 3.52. The molecule has 0 radical (unpaired) electrons. The topological polar surface area (TPSA) is 93.1 Å². The van der Waals surface area contributed by atoms with Crippen molar-refractivity contribution in [2.24, 2.45) is 5.92 Å². The number of aliphatic hydroxyl groups is 1. The lowest BCUT2D eigenvalue weighted by atomic mass is 10.2. The molecular formula is C13H23N3O4. The van der Waals surface area contributed by atoms with Crippen LogP contribution in [0.15, 0.2) is 0 Å². The molecule has 2 rings (SSSR count). The molecule has 1 saturated carbocycles. The van der Waals surface area contributed by atoms with Gasteiger partial charge in [0.25, 0.3) is 0 Å². The predicted molar refractivity (Wildman–Crippen MR) is 72.4 cm³/mol. The van der Waals surface area contributed by atoms with Crippen molar-refractivity contribution < 1.29 is 19.8 Å². The second kappa shape index (κ2) is 6.90. The third-order valence-corrected chi connectivity index (χ3v) is 3.93. The zero-order valence-corrected chi connectivity index (χ0v) is 11.6. The van der Waals surface area contributed by atoms with Crippen molar-refractivity contribution in [3.63, 3.8) is 0 Å². The molecule has 2 fully saturated rings. The number of carboxylic acid groups (broad SMARTS) is 1. The van der Waals surface area contributed by atoms with Gasteiger partial charge in [0.05, 0.1) is 6.61 Å². The first-order valence-electron chi connectivity index (χ1n) is 7.23.